The summed E-state index contributed by atoms with van der Waals surface area (Å²) in [5, 5.41) is 3.69. The van der Waals surface area contributed by atoms with Crippen molar-refractivity contribution in [3.8, 4) is 5.75 Å². The highest BCUT2D eigenvalue weighted by atomic mass is 16.5. The fraction of sp³-hybridized carbons (Fsp3) is 0.684. The number of fused-ring (bicyclic) bond motifs is 1. The average Bonchev–Trinajstić information content (AvgIpc) is 2.74. The van der Waals surface area contributed by atoms with Gasteiger partial charge >= 0.3 is 0 Å². The van der Waals surface area contributed by atoms with Crippen LogP contribution in [0.25, 0.3) is 0 Å². The Labute approximate surface area is 129 Å². The molecular weight excluding hydrogens is 258 g/mol. The molecule has 1 N–H and O–H groups in total. The van der Waals surface area contributed by atoms with Crippen molar-refractivity contribution in [2.45, 2.75) is 71.4 Å². The highest BCUT2D eigenvalue weighted by Gasteiger charge is 2.31. The molecule has 1 aliphatic carbocycles. The minimum atomic E-state index is -0.0478. The Hall–Kier alpha value is -1.02. The molecule has 1 fully saturated rings. The summed E-state index contributed by atoms with van der Waals surface area (Å²) >= 11 is 0. The normalized spacial score (nSPS) is 22.6. The predicted molar refractivity (Wildman–Crippen MR) is 87.8 cm³/mol. The van der Waals surface area contributed by atoms with Gasteiger partial charge in [-0.1, -0.05) is 44.4 Å². The van der Waals surface area contributed by atoms with Gasteiger partial charge in [0.15, 0.2) is 0 Å². The molecule has 2 aliphatic rings. The van der Waals surface area contributed by atoms with Crippen LogP contribution in [-0.2, 0) is 13.0 Å². The molecule has 1 saturated carbocycles. The highest BCUT2D eigenvalue weighted by Crippen LogP contribution is 2.38. The number of hydrogen-bond acceptors (Lipinski definition) is 2. The molecule has 0 aromatic heterocycles. The third kappa shape index (κ3) is 3.42. The molecule has 2 heteroatoms. The minimum absolute atomic E-state index is 0.0478. The molecule has 2 nitrogen and oxygen atoms in total. The van der Waals surface area contributed by atoms with Crippen LogP contribution in [0.3, 0.4) is 0 Å². The molecule has 0 saturated heterocycles. The molecule has 1 aromatic rings. The van der Waals surface area contributed by atoms with Crippen molar-refractivity contribution in [3.05, 3.63) is 29.3 Å². The first-order chi connectivity index (χ1) is 9.98. The molecular formula is C19H29NO. The zero-order valence-electron chi connectivity index (χ0n) is 13.8. The van der Waals surface area contributed by atoms with Crippen LogP contribution in [0.5, 0.6) is 5.75 Å². The van der Waals surface area contributed by atoms with Gasteiger partial charge in [0.05, 0.1) is 0 Å². The monoisotopic (exact) mass is 287 g/mol. The third-order valence-electron chi connectivity index (χ3n) is 5.10. The topological polar surface area (TPSA) is 21.3 Å². The van der Waals surface area contributed by atoms with Gasteiger partial charge in [0, 0.05) is 25.1 Å². The number of nitrogens with one attached hydrogen (secondary N) is 1. The maximum absolute atomic E-state index is 6.15. The molecule has 0 radical (unpaired) electrons. The first-order valence-electron chi connectivity index (χ1n) is 8.48. The molecule has 1 heterocycles. The molecule has 1 aromatic carbocycles. The second-order valence-corrected chi connectivity index (χ2v) is 7.92. The van der Waals surface area contributed by atoms with Crippen molar-refractivity contribution in [2.24, 2.45) is 5.41 Å². The lowest BCUT2D eigenvalue weighted by molar-refractivity contribution is 0.136. The van der Waals surface area contributed by atoms with Gasteiger partial charge in [-0.05, 0) is 37.7 Å². The Kier molecular flexibility index (Phi) is 4.00. The summed E-state index contributed by atoms with van der Waals surface area (Å²) < 4.78 is 6.15. The smallest absolute Gasteiger partial charge is 0.127 e. The van der Waals surface area contributed by atoms with Gasteiger partial charge in [-0.25, -0.2) is 0 Å². The van der Waals surface area contributed by atoms with Crippen molar-refractivity contribution in [2.75, 3.05) is 6.54 Å². The Morgan fingerprint density at radius 2 is 1.86 bits per heavy atom. The maximum atomic E-state index is 6.15. The summed E-state index contributed by atoms with van der Waals surface area (Å²) in [4.78, 5) is 0. The minimum Gasteiger partial charge on any atom is -0.487 e. The van der Waals surface area contributed by atoms with E-state index in [2.05, 4.69) is 44.3 Å². The van der Waals surface area contributed by atoms with Crippen LogP contribution < -0.4 is 10.1 Å². The standard InChI is InChI=1S/C19H29NO/c1-18(2)12-15-8-7-9-16(17(15)21-18)13-20-14-19(3)10-5-4-6-11-19/h7-9,20H,4-6,10-14H2,1-3H3. The van der Waals surface area contributed by atoms with Gasteiger partial charge in [0.1, 0.15) is 11.4 Å². The quantitative estimate of drug-likeness (QED) is 0.882. The maximum Gasteiger partial charge on any atom is 0.127 e. The third-order valence-corrected chi connectivity index (χ3v) is 5.10. The second-order valence-electron chi connectivity index (χ2n) is 7.92. The summed E-state index contributed by atoms with van der Waals surface area (Å²) in [6.07, 6.45) is 7.98. The van der Waals surface area contributed by atoms with Crippen molar-refractivity contribution in [1.82, 2.24) is 5.32 Å². The molecule has 21 heavy (non-hydrogen) atoms. The molecule has 1 aliphatic heterocycles. The molecule has 116 valence electrons. The van der Waals surface area contributed by atoms with E-state index in [0.717, 1.165) is 25.3 Å². The Morgan fingerprint density at radius 3 is 2.62 bits per heavy atom. The van der Waals surface area contributed by atoms with Crippen LogP contribution in [0.15, 0.2) is 18.2 Å². The van der Waals surface area contributed by atoms with Gasteiger partial charge in [0.25, 0.3) is 0 Å². The Balaban J connectivity index is 1.61. The Morgan fingerprint density at radius 1 is 1.10 bits per heavy atom. The number of hydrogen-bond donors (Lipinski definition) is 1. The molecule has 3 rings (SSSR count). The number of para-hydroxylation sites is 1. The molecule has 0 unspecified atom stereocenters. The molecule has 0 atom stereocenters. The first kappa shape index (κ1) is 14.9. The van der Waals surface area contributed by atoms with E-state index in [1.165, 1.54) is 43.2 Å². The summed E-state index contributed by atoms with van der Waals surface area (Å²) in [5.41, 5.74) is 3.13. The number of rotatable bonds is 4. The highest BCUT2D eigenvalue weighted by molar-refractivity contribution is 5.45. The van der Waals surface area contributed by atoms with E-state index in [0.29, 0.717) is 5.41 Å². The molecule has 0 amide bonds. The lowest BCUT2D eigenvalue weighted by Gasteiger charge is -2.33. The molecule has 0 bridgehead atoms. The van der Waals surface area contributed by atoms with E-state index in [1.54, 1.807) is 0 Å². The summed E-state index contributed by atoms with van der Waals surface area (Å²) in [6.45, 7) is 8.84. The van der Waals surface area contributed by atoms with Crippen molar-refractivity contribution >= 4 is 0 Å². The van der Waals surface area contributed by atoms with Crippen LogP contribution >= 0.6 is 0 Å². The fourth-order valence-electron chi connectivity index (χ4n) is 3.90. The van der Waals surface area contributed by atoms with Crippen LogP contribution in [0.4, 0.5) is 0 Å². The Bertz CT molecular complexity index is 500. The first-order valence-corrected chi connectivity index (χ1v) is 8.48. The largest absolute Gasteiger partial charge is 0.487 e. The van der Waals surface area contributed by atoms with E-state index < -0.39 is 0 Å². The summed E-state index contributed by atoms with van der Waals surface area (Å²) in [6, 6.07) is 6.58. The van der Waals surface area contributed by atoms with Crippen molar-refractivity contribution < 1.29 is 4.74 Å². The average molecular weight is 287 g/mol. The predicted octanol–water partition coefficient (Wildman–Crippen LogP) is 4.46. The van der Waals surface area contributed by atoms with Crippen LogP contribution in [0.2, 0.25) is 0 Å². The van der Waals surface area contributed by atoms with Gasteiger partial charge < -0.3 is 10.1 Å². The van der Waals surface area contributed by atoms with E-state index in [4.69, 9.17) is 4.74 Å². The van der Waals surface area contributed by atoms with Crippen molar-refractivity contribution in [1.29, 1.82) is 0 Å². The van der Waals surface area contributed by atoms with Crippen LogP contribution in [0, 0.1) is 5.41 Å². The van der Waals surface area contributed by atoms with Gasteiger partial charge in [0.2, 0.25) is 0 Å². The van der Waals surface area contributed by atoms with Crippen LogP contribution in [-0.4, -0.2) is 12.1 Å². The second kappa shape index (κ2) is 5.64. The van der Waals surface area contributed by atoms with E-state index >= 15 is 0 Å². The lowest BCUT2D eigenvalue weighted by Crippen LogP contribution is -2.33. The number of benzene rings is 1. The van der Waals surface area contributed by atoms with Crippen LogP contribution in [0.1, 0.15) is 64.0 Å². The van der Waals surface area contributed by atoms with Gasteiger partial charge in [-0.2, -0.15) is 0 Å². The van der Waals surface area contributed by atoms with E-state index in [9.17, 15) is 0 Å². The SMILES string of the molecule is CC1(CNCc2cccc3c2OC(C)(C)C3)CCCCC1. The summed E-state index contributed by atoms with van der Waals surface area (Å²) in [7, 11) is 0. The number of ether oxygens (including phenoxy) is 1. The van der Waals surface area contributed by atoms with Gasteiger partial charge in [-0.15, -0.1) is 0 Å². The molecule has 0 spiro atoms. The fourth-order valence-corrected chi connectivity index (χ4v) is 3.90. The van der Waals surface area contributed by atoms with Crippen molar-refractivity contribution in [3.63, 3.8) is 0 Å². The lowest BCUT2D eigenvalue weighted by atomic mass is 9.76. The zero-order valence-corrected chi connectivity index (χ0v) is 13.8. The van der Waals surface area contributed by atoms with E-state index in [1.807, 2.05) is 0 Å². The summed E-state index contributed by atoms with van der Waals surface area (Å²) in [5.74, 6) is 1.13. The van der Waals surface area contributed by atoms with Gasteiger partial charge in [-0.3, -0.25) is 0 Å². The zero-order chi connectivity index (χ0) is 14.9. The van der Waals surface area contributed by atoms with E-state index in [-0.39, 0.29) is 5.60 Å².